The number of pyridine rings is 1. The van der Waals surface area contributed by atoms with Crippen LogP contribution < -0.4 is 0 Å². The molecule has 5 rings (SSSR count). The predicted octanol–water partition coefficient (Wildman–Crippen LogP) is 3.57. The Labute approximate surface area is 137 Å². The first-order valence-corrected chi connectivity index (χ1v) is 7.95. The number of nitrogens with zero attached hydrogens (tertiary/aromatic N) is 4. The molecule has 5 nitrogen and oxygen atoms in total. The highest BCUT2D eigenvalue weighted by Crippen LogP contribution is 2.39. The van der Waals surface area contributed by atoms with E-state index in [2.05, 4.69) is 19.9 Å². The first kappa shape index (κ1) is 13.4. The van der Waals surface area contributed by atoms with Crippen LogP contribution in [0.5, 0.6) is 0 Å². The summed E-state index contributed by atoms with van der Waals surface area (Å²) >= 11 is 0. The molecule has 0 amide bonds. The highest BCUT2D eigenvalue weighted by atomic mass is 19.1. The zero-order valence-electron chi connectivity index (χ0n) is 12.8. The van der Waals surface area contributed by atoms with Crippen molar-refractivity contribution in [1.82, 2.24) is 25.0 Å². The van der Waals surface area contributed by atoms with Crippen LogP contribution in [0.15, 0.2) is 42.7 Å². The van der Waals surface area contributed by atoms with Gasteiger partial charge in [0.05, 0.1) is 6.20 Å². The maximum absolute atomic E-state index is 13.3. The van der Waals surface area contributed by atoms with Gasteiger partial charge in [0.1, 0.15) is 11.5 Å². The molecule has 4 aromatic rings. The second-order valence-corrected chi connectivity index (χ2v) is 5.99. The minimum atomic E-state index is -0.242. The molecular weight excluding hydrogens is 305 g/mol. The van der Waals surface area contributed by atoms with E-state index >= 15 is 0 Å². The number of halogens is 1. The van der Waals surface area contributed by atoms with Crippen LogP contribution in [-0.2, 0) is 13.0 Å². The van der Waals surface area contributed by atoms with E-state index < -0.39 is 0 Å². The molecule has 0 radical (unpaired) electrons. The third-order valence-corrected chi connectivity index (χ3v) is 4.58. The zero-order valence-corrected chi connectivity index (χ0v) is 12.8. The highest BCUT2D eigenvalue weighted by Gasteiger charge is 2.25. The van der Waals surface area contributed by atoms with Crippen LogP contribution in [0.4, 0.5) is 4.39 Å². The van der Waals surface area contributed by atoms with Gasteiger partial charge in [0.2, 0.25) is 0 Å². The Bertz CT molecular complexity index is 1050. The van der Waals surface area contributed by atoms with Crippen molar-refractivity contribution in [2.75, 3.05) is 0 Å². The molecule has 6 heteroatoms. The SMILES string of the molecule is Fc1ccc(-c2nn3c(c2-c2ccnc4[nH]ncc24)CCC3)cc1. The van der Waals surface area contributed by atoms with Crippen molar-refractivity contribution in [2.24, 2.45) is 0 Å². The molecule has 0 saturated heterocycles. The molecule has 24 heavy (non-hydrogen) atoms. The van der Waals surface area contributed by atoms with Gasteiger partial charge in [-0.15, -0.1) is 0 Å². The van der Waals surface area contributed by atoms with Crippen LogP contribution >= 0.6 is 0 Å². The molecule has 1 aliphatic rings. The van der Waals surface area contributed by atoms with Gasteiger partial charge in [-0.05, 0) is 48.7 Å². The number of rotatable bonds is 2. The lowest BCUT2D eigenvalue weighted by Gasteiger charge is -2.06. The number of aryl methyl sites for hydroxylation is 1. The summed E-state index contributed by atoms with van der Waals surface area (Å²) in [5.41, 5.74) is 5.96. The van der Waals surface area contributed by atoms with E-state index in [9.17, 15) is 4.39 Å². The number of benzene rings is 1. The van der Waals surface area contributed by atoms with Crippen molar-refractivity contribution in [2.45, 2.75) is 19.4 Å². The van der Waals surface area contributed by atoms with E-state index in [1.165, 1.54) is 17.8 Å². The first-order valence-electron chi connectivity index (χ1n) is 7.95. The molecule has 0 atom stereocenters. The second-order valence-electron chi connectivity index (χ2n) is 5.99. The summed E-state index contributed by atoms with van der Waals surface area (Å²) in [6.07, 6.45) is 5.66. The number of H-pyrrole nitrogens is 1. The minimum absolute atomic E-state index is 0.242. The Morgan fingerprint density at radius 1 is 1.12 bits per heavy atom. The maximum Gasteiger partial charge on any atom is 0.155 e. The monoisotopic (exact) mass is 319 g/mol. The molecule has 1 aromatic carbocycles. The number of aromatic amines is 1. The van der Waals surface area contributed by atoms with Gasteiger partial charge in [0.25, 0.3) is 0 Å². The molecule has 118 valence electrons. The zero-order chi connectivity index (χ0) is 16.1. The van der Waals surface area contributed by atoms with E-state index in [-0.39, 0.29) is 5.82 Å². The summed E-state index contributed by atoms with van der Waals surface area (Å²) in [6.45, 7) is 0.920. The van der Waals surface area contributed by atoms with Gasteiger partial charge < -0.3 is 0 Å². The van der Waals surface area contributed by atoms with E-state index in [0.29, 0.717) is 0 Å². The van der Waals surface area contributed by atoms with Crippen molar-refractivity contribution < 1.29 is 4.39 Å². The fraction of sp³-hybridized carbons (Fsp3) is 0.167. The van der Waals surface area contributed by atoms with Crippen LogP contribution in [0, 0.1) is 5.82 Å². The van der Waals surface area contributed by atoms with Gasteiger partial charge in [-0.25, -0.2) is 9.37 Å². The van der Waals surface area contributed by atoms with Crippen LogP contribution in [-0.4, -0.2) is 25.0 Å². The molecule has 0 saturated carbocycles. The Morgan fingerprint density at radius 3 is 2.88 bits per heavy atom. The van der Waals surface area contributed by atoms with E-state index in [1.807, 2.05) is 6.07 Å². The number of hydrogen-bond acceptors (Lipinski definition) is 3. The Hall–Kier alpha value is -3.02. The topological polar surface area (TPSA) is 59.4 Å². The molecule has 3 aromatic heterocycles. The number of fused-ring (bicyclic) bond motifs is 2. The maximum atomic E-state index is 13.3. The standard InChI is InChI=1S/C18H14FN5/c19-12-5-3-11(4-6-12)17-16(15-2-1-9-24(15)23-17)13-7-8-20-18-14(13)10-21-22-18/h3-8,10H,1-2,9H2,(H,20,21,22). The summed E-state index contributed by atoms with van der Waals surface area (Å²) in [5.74, 6) is -0.242. The van der Waals surface area contributed by atoms with Crippen LogP contribution in [0.1, 0.15) is 12.1 Å². The molecule has 0 unspecified atom stereocenters. The Morgan fingerprint density at radius 2 is 2.00 bits per heavy atom. The summed E-state index contributed by atoms with van der Waals surface area (Å²) in [7, 11) is 0. The molecule has 1 N–H and O–H groups in total. The van der Waals surface area contributed by atoms with Crippen molar-refractivity contribution >= 4 is 11.0 Å². The van der Waals surface area contributed by atoms with E-state index in [0.717, 1.165) is 52.8 Å². The molecule has 0 bridgehead atoms. The largest absolute Gasteiger partial charge is 0.268 e. The van der Waals surface area contributed by atoms with Gasteiger partial charge in [0, 0.05) is 34.9 Å². The van der Waals surface area contributed by atoms with Crippen LogP contribution in [0.25, 0.3) is 33.4 Å². The fourth-order valence-corrected chi connectivity index (χ4v) is 3.49. The lowest BCUT2D eigenvalue weighted by Crippen LogP contribution is -1.94. The van der Waals surface area contributed by atoms with Crippen LogP contribution in [0.3, 0.4) is 0 Å². The molecule has 0 aliphatic carbocycles. The molecule has 0 spiro atoms. The fourth-order valence-electron chi connectivity index (χ4n) is 3.49. The second kappa shape index (κ2) is 4.99. The van der Waals surface area contributed by atoms with Gasteiger partial charge in [-0.2, -0.15) is 10.2 Å². The molecule has 1 aliphatic heterocycles. The average molecular weight is 319 g/mol. The van der Waals surface area contributed by atoms with E-state index in [1.54, 1.807) is 24.5 Å². The van der Waals surface area contributed by atoms with Crippen molar-refractivity contribution in [3.8, 4) is 22.4 Å². The van der Waals surface area contributed by atoms with Crippen molar-refractivity contribution in [3.63, 3.8) is 0 Å². The summed E-state index contributed by atoms with van der Waals surface area (Å²) < 4.78 is 15.4. The Balaban J connectivity index is 1.81. The van der Waals surface area contributed by atoms with Gasteiger partial charge in [-0.1, -0.05) is 0 Å². The van der Waals surface area contributed by atoms with Crippen LogP contribution in [0.2, 0.25) is 0 Å². The van der Waals surface area contributed by atoms with Gasteiger partial charge in [0.15, 0.2) is 5.65 Å². The molecule has 4 heterocycles. The smallest absolute Gasteiger partial charge is 0.155 e. The predicted molar refractivity (Wildman–Crippen MR) is 88.8 cm³/mol. The van der Waals surface area contributed by atoms with E-state index in [4.69, 9.17) is 5.10 Å². The third-order valence-electron chi connectivity index (χ3n) is 4.58. The first-order chi connectivity index (χ1) is 11.8. The lowest BCUT2D eigenvalue weighted by molar-refractivity contribution is 0.628. The molecular formula is C18H14FN5. The minimum Gasteiger partial charge on any atom is -0.268 e. The number of aromatic nitrogens is 5. The highest BCUT2D eigenvalue weighted by molar-refractivity contribution is 5.97. The lowest BCUT2D eigenvalue weighted by atomic mass is 9.97. The average Bonchev–Trinajstić information content (AvgIpc) is 3.30. The van der Waals surface area contributed by atoms with Crippen molar-refractivity contribution in [3.05, 3.63) is 54.2 Å². The normalized spacial score (nSPS) is 13.5. The number of nitrogens with one attached hydrogen (secondary N) is 1. The summed E-state index contributed by atoms with van der Waals surface area (Å²) in [4.78, 5) is 4.32. The summed E-state index contributed by atoms with van der Waals surface area (Å²) in [5, 5.41) is 12.8. The Kier molecular flexibility index (Phi) is 2.79. The third kappa shape index (κ3) is 1.89. The van der Waals surface area contributed by atoms with Gasteiger partial charge >= 0.3 is 0 Å². The molecule has 0 fully saturated rings. The quantitative estimate of drug-likeness (QED) is 0.614. The van der Waals surface area contributed by atoms with Crippen molar-refractivity contribution in [1.29, 1.82) is 0 Å². The number of hydrogen-bond donors (Lipinski definition) is 1. The summed E-state index contributed by atoms with van der Waals surface area (Å²) in [6, 6.07) is 8.52. The van der Waals surface area contributed by atoms with Gasteiger partial charge in [-0.3, -0.25) is 9.78 Å².